The van der Waals surface area contributed by atoms with Crippen LogP contribution in [0.15, 0.2) is 28.6 Å². The molecule has 7 nitrogen and oxygen atoms in total. The lowest BCUT2D eigenvalue weighted by Crippen LogP contribution is -2.27. The fourth-order valence-electron chi connectivity index (χ4n) is 1.84. The van der Waals surface area contributed by atoms with Crippen LogP contribution in [0.1, 0.15) is 36.7 Å². The second-order valence-corrected chi connectivity index (χ2v) is 11.4. The van der Waals surface area contributed by atoms with E-state index in [-0.39, 0.29) is 20.1 Å². The van der Waals surface area contributed by atoms with Crippen molar-refractivity contribution < 1.29 is 13.2 Å². The zero-order chi connectivity index (χ0) is 19.4. The predicted molar refractivity (Wildman–Crippen MR) is 106 cm³/mol. The zero-order valence-electron chi connectivity index (χ0n) is 15.1. The van der Waals surface area contributed by atoms with Crippen LogP contribution in [0.4, 0.5) is 5.13 Å². The van der Waals surface area contributed by atoms with Crippen LogP contribution < -0.4 is 10.0 Å². The quantitative estimate of drug-likeness (QED) is 0.534. The standard InChI is InChI=1S/C16H22N4O3S3/c1-11-5-7-12(8-6-11)13(21)18-14-19-20-15(25-14)26(22,23)17-9-10-24-16(2,3)4/h5-8,17H,9-10H2,1-4H3,(H,18,19,21). The number of benzene rings is 1. The first-order valence-electron chi connectivity index (χ1n) is 7.92. The van der Waals surface area contributed by atoms with E-state index in [2.05, 4.69) is 41.0 Å². The first kappa shape index (κ1) is 20.8. The summed E-state index contributed by atoms with van der Waals surface area (Å²) in [6.45, 7) is 8.44. The third-order valence-corrected chi connectivity index (χ3v) is 7.04. The molecule has 0 radical (unpaired) electrons. The van der Waals surface area contributed by atoms with Gasteiger partial charge in [0.1, 0.15) is 0 Å². The van der Waals surface area contributed by atoms with Crippen molar-refractivity contribution in [3.05, 3.63) is 35.4 Å². The number of anilines is 1. The monoisotopic (exact) mass is 414 g/mol. The lowest BCUT2D eigenvalue weighted by Gasteiger charge is -2.17. The molecule has 1 aromatic carbocycles. The number of carbonyl (C=O) groups is 1. The molecule has 2 N–H and O–H groups in total. The Balaban J connectivity index is 1.95. The highest BCUT2D eigenvalue weighted by Crippen LogP contribution is 2.23. The molecular formula is C16H22N4O3S3. The van der Waals surface area contributed by atoms with Gasteiger partial charge in [0, 0.05) is 22.6 Å². The highest BCUT2D eigenvalue weighted by atomic mass is 32.2. The molecule has 1 amide bonds. The molecule has 26 heavy (non-hydrogen) atoms. The van der Waals surface area contributed by atoms with Crippen LogP contribution in [0.3, 0.4) is 0 Å². The van der Waals surface area contributed by atoms with Crippen LogP contribution in [0.25, 0.3) is 0 Å². The number of sulfonamides is 1. The van der Waals surface area contributed by atoms with Crippen molar-refractivity contribution in [2.24, 2.45) is 0 Å². The van der Waals surface area contributed by atoms with Gasteiger partial charge in [-0.2, -0.15) is 11.8 Å². The summed E-state index contributed by atoms with van der Waals surface area (Å²) in [5.74, 6) is 0.290. The van der Waals surface area contributed by atoms with Crippen LogP contribution in [0.2, 0.25) is 0 Å². The summed E-state index contributed by atoms with van der Waals surface area (Å²) in [6, 6.07) is 7.03. The Labute approximate surface area is 162 Å². The number of rotatable bonds is 7. The largest absolute Gasteiger partial charge is 0.296 e. The minimum atomic E-state index is -3.73. The van der Waals surface area contributed by atoms with E-state index in [1.165, 1.54) is 0 Å². The number of hydrogen-bond donors (Lipinski definition) is 2. The summed E-state index contributed by atoms with van der Waals surface area (Å²) >= 11 is 2.48. The number of nitrogens with one attached hydrogen (secondary N) is 2. The summed E-state index contributed by atoms with van der Waals surface area (Å²) in [7, 11) is -3.73. The smallest absolute Gasteiger partial charge is 0.269 e. The molecule has 0 aliphatic carbocycles. The number of amides is 1. The predicted octanol–water partition coefficient (Wildman–Crippen LogP) is 2.91. The summed E-state index contributed by atoms with van der Waals surface area (Å²) < 4.78 is 26.9. The van der Waals surface area contributed by atoms with Gasteiger partial charge in [0.05, 0.1) is 0 Å². The third-order valence-electron chi connectivity index (χ3n) is 3.10. The van der Waals surface area contributed by atoms with Gasteiger partial charge in [-0.05, 0) is 19.1 Å². The van der Waals surface area contributed by atoms with Gasteiger partial charge in [-0.1, -0.05) is 49.8 Å². The van der Waals surface area contributed by atoms with Crippen LogP contribution in [-0.2, 0) is 10.0 Å². The van der Waals surface area contributed by atoms with E-state index in [1.807, 2.05) is 19.1 Å². The molecule has 0 saturated carbocycles. The van der Waals surface area contributed by atoms with Gasteiger partial charge < -0.3 is 0 Å². The highest BCUT2D eigenvalue weighted by molar-refractivity contribution is 8.00. The van der Waals surface area contributed by atoms with E-state index in [0.717, 1.165) is 16.9 Å². The topological polar surface area (TPSA) is 101 Å². The van der Waals surface area contributed by atoms with Crippen molar-refractivity contribution in [3.63, 3.8) is 0 Å². The molecule has 0 fully saturated rings. The molecule has 2 rings (SSSR count). The minimum absolute atomic E-state index is 0.0710. The summed E-state index contributed by atoms with van der Waals surface area (Å²) in [4.78, 5) is 12.1. The summed E-state index contributed by atoms with van der Waals surface area (Å²) in [5, 5.41) is 10.1. The molecule has 2 aromatic rings. The molecule has 10 heteroatoms. The Hall–Kier alpha value is -1.49. The SMILES string of the molecule is Cc1ccc(C(=O)Nc2nnc(S(=O)(=O)NCCSC(C)(C)C)s2)cc1. The lowest BCUT2D eigenvalue weighted by molar-refractivity contribution is 0.102. The van der Waals surface area contributed by atoms with E-state index < -0.39 is 10.0 Å². The van der Waals surface area contributed by atoms with Gasteiger partial charge in [0.15, 0.2) is 0 Å². The number of aromatic nitrogens is 2. The maximum atomic E-state index is 12.2. The number of carbonyl (C=O) groups excluding carboxylic acids is 1. The Morgan fingerprint density at radius 1 is 1.19 bits per heavy atom. The molecule has 142 valence electrons. The first-order valence-corrected chi connectivity index (χ1v) is 11.2. The molecule has 0 atom stereocenters. The van der Waals surface area contributed by atoms with Crippen molar-refractivity contribution in [1.82, 2.24) is 14.9 Å². The van der Waals surface area contributed by atoms with Gasteiger partial charge >= 0.3 is 0 Å². The molecule has 0 aliphatic heterocycles. The van der Waals surface area contributed by atoms with Crippen LogP contribution in [-0.4, -0.2) is 41.6 Å². The fraction of sp³-hybridized carbons (Fsp3) is 0.438. The van der Waals surface area contributed by atoms with Gasteiger partial charge in [0.25, 0.3) is 15.9 Å². The van der Waals surface area contributed by atoms with Gasteiger partial charge in [0.2, 0.25) is 9.47 Å². The molecule has 0 bridgehead atoms. The number of hydrogen-bond acceptors (Lipinski definition) is 7. The Bertz CT molecular complexity index is 856. The molecule has 1 aromatic heterocycles. The van der Waals surface area contributed by atoms with Crippen molar-refractivity contribution >= 4 is 44.2 Å². The van der Waals surface area contributed by atoms with E-state index >= 15 is 0 Å². The van der Waals surface area contributed by atoms with E-state index in [4.69, 9.17) is 0 Å². The summed E-state index contributed by atoms with van der Waals surface area (Å²) in [6.07, 6.45) is 0. The van der Waals surface area contributed by atoms with Crippen molar-refractivity contribution in [1.29, 1.82) is 0 Å². The molecule has 0 aliphatic rings. The average Bonchev–Trinajstić information content (AvgIpc) is 3.01. The maximum absolute atomic E-state index is 12.2. The second kappa shape index (κ2) is 8.47. The second-order valence-electron chi connectivity index (χ2n) is 6.55. The molecule has 1 heterocycles. The molecule has 0 saturated heterocycles. The molecule has 0 spiro atoms. The van der Waals surface area contributed by atoms with Crippen LogP contribution >= 0.6 is 23.1 Å². The molecule has 0 unspecified atom stereocenters. The van der Waals surface area contributed by atoms with Gasteiger partial charge in [-0.15, -0.1) is 10.2 Å². The zero-order valence-corrected chi connectivity index (χ0v) is 17.5. The number of aryl methyl sites for hydroxylation is 1. The minimum Gasteiger partial charge on any atom is -0.296 e. The Morgan fingerprint density at radius 3 is 2.46 bits per heavy atom. The highest BCUT2D eigenvalue weighted by Gasteiger charge is 2.21. The summed E-state index contributed by atoms with van der Waals surface area (Å²) in [5.41, 5.74) is 1.51. The van der Waals surface area contributed by atoms with Crippen molar-refractivity contribution in [2.75, 3.05) is 17.6 Å². The third kappa shape index (κ3) is 6.35. The van der Waals surface area contributed by atoms with Crippen molar-refractivity contribution in [2.45, 2.75) is 36.8 Å². The van der Waals surface area contributed by atoms with Gasteiger partial charge in [-0.25, -0.2) is 13.1 Å². The van der Waals surface area contributed by atoms with Crippen molar-refractivity contribution in [3.8, 4) is 0 Å². The van der Waals surface area contributed by atoms with E-state index in [9.17, 15) is 13.2 Å². The molecular weight excluding hydrogens is 392 g/mol. The van der Waals surface area contributed by atoms with E-state index in [1.54, 1.807) is 23.9 Å². The Kier molecular flexibility index (Phi) is 6.78. The van der Waals surface area contributed by atoms with Crippen LogP contribution in [0.5, 0.6) is 0 Å². The van der Waals surface area contributed by atoms with E-state index in [0.29, 0.717) is 17.9 Å². The average molecular weight is 415 g/mol. The Morgan fingerprint density at radius 2 is 1.85 bits per heavy atom. The lowest BCUT2D eigenvalue weighted by atomic mass is 10.1. The van der Waals surface area contributed by atoms with Gasteiger partial charge in [-0.3, -0.25) is 10.1 Å². The normalized spacial score (nSPS) is 12.2. The maximum Gasteiger partial charge on any atom is 0.269 e. The first-order chi connectivity index (χ1) is 12.1. The number of thioether (sulfide) groups is 1. The fourth-order valence-corrected chi connectivity index (χ4v) is 4.75. The van der Waals surface area contributed by atoms with Crippen LogP contribution in [0, 0.1) is 6.92 Å². The number of nitrogens with zero attached hydrogens (tertiary/aromatic N) is 2.